The molecule has 1 aliphatic heterocycles. The fourth-order valence-corrected chi connectivity index (χ4v) is 3.36. The van der Waals surface area contributed by atoms with Crippen molar-refractivity contribution in [3.63, 3.8) is 0 Å². The number of cyclic esters (lactones) is 1. The monoisotopic (exact) mass is 491 g/mol. The number of ether oxygens (including phenoxy) is 3. The van der Waals surface area contributed by atoms with Crippen LogP contribution in [0.3, 0.4) is 0 Å². The Morgan fingerprint density at radius 3 is 2.44 bits per heavy atom. The average Bonchev–Trinajstić information content (AvgIpc) is 3.16. The third kappa shape index (κ3) is 5.12. The van der Waals surface area contributed by atoms with Crippen molar-refractivity contribution in [3.8, 4) is 11.5 Å². The Bertz CT molecular complexity index is 1210. The van der Waals surface area contributed by atoms with Crippen molar-refractivity contribution in [1.82, 2.24) is 0 Å². The highest BCUT2D eigenvalue weighted by Gasteiger charge is 2.24. The molecule has 1 heterocycles. The van der Waals surface area contributed by atoms with E-state index in [1.807, 2.05) is 13.0 Å². The lowest BCUT2D eigenvalue weighted by atomic mass is 10.2. The van der Waals surface area contributed by atoms with Crippen molar-refractivity contribution < 1.29 is 23.8 Å². The summed E-state index contributed by atoms with van der Waals surface area (Å²) in [5, 5.41) is 0. The average molecular weight is 492 g/mol. The molecule has 0 unspecified atom stereocenters. The fourth-order valence-electron chi connectivity index (χ4n) is 2.96. The van der Waals surface area contributed by atoms with Gasteiger partial charge in [-0.25, -0.2) is 14.6 Å². The second-order valence-electron chi connectivity index (χ2n) is 6.76. The number of hydrogen-bond acceptors (Lipinski definition) is 6. The van der Waals surface area contributed by atoms with Crippen molar-refractivity contribution in [1.29, 1.82) is 0 Å². The highest BCUT2D eigenvalue weighted by Crippen LogP contribution is 2.22. The van der Waals surface area contributed by atoms with Crippen molar-refractivity contribution in [2.24, 2.45) is 4.99 Å². The molecule has 0 fully saturated rings. The molecule has 0 N–H and O–H groups in total. The number of benzene rings is 3. The van der Waals surface area contributed by atoms with Crippen molar-refractivity contribution in [2.45, 2.75) is 6.92 Å². The Kier molecular flexibility index (Phi) is 6.47. The van der Waals surface area contributed by atoms with Gasteiger partial charge in [0, 0.05) is 10.0 Å². The van der Waals surface area contributed by atoms with Gasteiger partial charge in [-0.2, -0.15) is 0 Å². The predicted molar refractivity (Wildman–Crippen MR) is 124 cm³/mol. The van der Waals surface area contributed by atoms with Gasteiger partial charge in [0.05, 0.1) is 12.2 Å². The van der Waals surface area contributed by atoms with E-state index in [0.717, 1.165) is 15.8 Å². The van der Waals surface area contributed by atoms with E-state index < -0.39 is 11.9 Å². The summed E-state index contributed by atoms with van der Waals surface area (Å²) in [6.07, 6.45) is 1.61. The molecule has 4 rings (SSSR count). The molecule has 3 aromatic carbocycles. The molecule has 0 bridgehead atoms. The van der Waals surface area contributed by atoms with Crippen LogP contribution in [0.2, 0.25) is 0 Å². The summed E-state index contributed by atoms with van der Waals surface area (Å²) in [4.78, 5) is 28.8. The Balaban J connectivity index is 1.46. The van der Waals surface area contributed by atoms with Gasteiger partial charge in [-0.05, 0) is 73.2 Å². The maximum atomic E-state index is 12.3. The van der Waals surface area contributed by atoms with Crippen LogP contribution in [0.25, 0.3) is 6.08 Å². The molecule has 6 nitrogen and oxygen atoms in total. The first kappa shape index (κ1) is 21.5. The van der Waals surface area contributed by atoms with Crippen LogP contribution in [-0.4, -0.2) is 24.4 Å². The summed E-state index contributed by atoms with van der Waals surface area (Å²) >= 11 is 3.33. The molecule has 3 aromatic rings. The second-order valence-corrected chi connectivity index (χ2v) is 7.68. The first-order valence-corrected chi connectivity index (χ1v) is 10.6. The van der Waals surface area contributed by atoms with Gasteiger partial charge in [0.1, 0.15) is 11.5 Å². The van der Waals surface area contributed by atoms with Gasteiger partial charge < -0.3 is 14.2 Å². The number of carbonyl (C=O) groups excluding carboxylic acids is 2. The van der Waals surface area contributed by atoms with E-state index in [1.54, 1.807) is 72.8 Å². The highest BCUT2D eigenvalue weighted by atomic mass is 79.9. The van der Waals surface area contributed by atoms with Crippen LogP contribution in [0, 0.1) is 0 Å². The molecule has 0 spiro atoms. The molecule has 160 valence electrons. The van der Waals surface area contributed by atoms with E-state index in [9.17, 15) is 9.59 Å². The van der Waals surface area contributed by atoms with Gasteiger partial charge >= 0.3 is 11.9 Å². The molecular weight excluding hydrogens is 474 g/mol. The number of esters is 2. The maximum Gasteiger partial charge on any atom is 0.363 e. The summed E-state index contributed by atoms with van der Waals surface area (Å²) in [7, 11) is 0. The molecule has 0 aromatic heterocycles. The van der Waals surface area contributed by atoms with E-state index in [1.165, 1.54) is 0 Å². The Morgan fingerprint density at radius 2 is 1.75 bits per heavy atom. The normalized spacial score (nSPS) is 14.1. The molecule has 0 saturated heterocycles. The minimum atomic E-state index is -0.529. The Morgan fingerprint density at radius 1 is 1.03 bits per heavy atom. The van der Waals surface area contributed by atoms with Crippen molar-refractivity contribution in [3.05, 3.63) is 99.7 Å². The van der Waals surface area contributed by atoms with E-state index in [2.05, 4.69) is 20.9 Å². The van der Waals surface area contributed by atoms with Crippen LogP contribution in [0.15, 0.2) is 88.0 Å². The number of hydrogen-bond donors (Lipinski definition) is 0. The minimum absolute atomic E-state index is 0.188. The van der Waals surface area contributed by atoms with E-state index >= 15 is 0 Å². The summed E-state index contributed by atoms with van der Waals surface area (Å²) in [6.45, 7) is 2.48. The van der Waals surface area contributed by atoms with Crippen LogP contribution < -0.4 is 9.47 Å². The zero-order chi connectivity index (χ0) is 22.5. The lowest BCUT2D eigenvalue weighted by Gasteiger charge is -2.05. The van der Waals surface area contributed by atoms with E-state index in [4.69, 9.17) is 14.2 Å². The predicted octanol–water partition coefficient (Wildman–Crippen LogP) is 5.41. The maximum absolute atomic E-state index is 12.3. The van der Waals surface area contributed by atoms with E-state index in [0.29, 0.717) is 23.5 Å². The van der Waals surface area contributed by atoms with Crippen molar-refractivity contribution in [2.75, 3.05) is 6.61 Å². The van der Waals surface area contributed by atoms with Gasteiger partial charge in [0.15, 0.2) is 5.70 Å². The smallest absolute Gasteiger partial charge is 0.363 e. The van der Waals surface area contributed by atoms with E-state index in [-0.39, 0.29) is 11.6 Å². The third-order valence-corrected chi connectivity index (χ3v) is 4.98. The summed E-state index contributed by atoms with van der Waals surface area (Å²) in [5.41, 5.74) is 2.03. The molecule has 32 heavy (non-hydrogen) atoms. The zero-order valence-corrected chi connectivity index (χ0v) is 18.7. The van der Waals surface area contributed by atoms with Crippen molar-refractivity contribution >= 4 is 39.8 Å². The molecule has 1 aliphatic rings. The number of rotatable bonds is 6. The second kappa shape index (κ2) is 9.62. The third-order valence-electron chi connectivity index (χ3n) is 4.49. The molecule has 0 atom stereocenters. The number of aliphatic imine (C=N–C) groups is 1. The standard InChI is InChI=1S/C25H18BrNO5/c1-2-30-20-12-8-17(9-13-20)23-27-22(25(29)32-23)14-16-6-10-21(11-7-16)31-24(28)18-4-3-5-19(26)15-18/h3-15H,2H2,1H3/b22-14-. The quantitative estimate of drug-likeness (QED) is 0.261. The summed E-state index contributed by atoms with van der Waals surface area (Å²) in [5.74, 6) is 0.381. The minimum Gasteiger partial charge on any atom is -0.494 e. The van der Waals surface area contributed by atoms with Gasteiger partial charge in [-0.1, -0.05) is 34.1 Å². The number of halogens is 1. The largest absolute Gasteiger partial charge is 0.494 e. The highest BCUT2D eigenvalue weighted by molar-refractivity contribution is 9.10. The van der Waals surface area contributed by atoms with Crippen LogP contribution in [0.5, 0.6) is 11.5 Å². The molecule has 0 saturated carbocycles. The lowest BCUT2D eigenvalue weighted by Crippen LogP contribution is -2.08. The van der Waals surface area contributed by atoms with Crippen LogP contribution >= 0.6 is 15.9 Å². The molecular formula is C25H18BrNO5. The van der Waals surface area contributed by atoms with Crippen LogP contribution in [0.4, 0.5) is 0 Å². The topological polar surface area (TPSA) is 74.2 Å². The zero-order valence-electron chi connectivity index (χ0n) is 17.1. The first-order valence-electron chi connectivity index (χ1n) is 9.85. The summed E-state index contributed by atoms with van der Waals surface area (Å²) in [6, 6.07) is 20.9. The number of nitrogens with zero attached hydrogens (tertiary/aromatic N) is 1. The molecule has 0 radical (unpaired) electrons. The molecule has 7 heteroatoms. The van der Waals surface area contributed by atoms with Crippen LogP contribution in [-0.2, 0) is 9.53 Å². The fraction of sp³-hybridized carbons (Fsp3) is 0.0800. The van der Waals surface area contributed by atoms with Crippen LogP contribution in [0.1, 0.15) is 28.4 Å². The Hall–Kier alpha value is -3.71. The lowest BCUT2D eigenvalue weighted by molar-refractivity contribution is -0.129. The SMILES string of the molecule is CCOc1ccc(C2=N/C(=C\c3ccc(OC(=O)c4cccc(Br)c4)cc3)C(=O)O2)cc1. The molecule has 0 aliphatic carbocycles. The molecule has 0 amide bonds. The van der Waals surface area contributed by atoms with Gasteiger partial charge in [-0.15, -0.1) is 0 Å². The van der Waals surface area contributed by atoms with Gasteiger partial charge in [-0.3, -0.25) is 0 Å². The number of carbonyl (C=O) groups is 2. The first-order chi connectivity index (χ1) is 15.5. The van der Waals surface area contributed by atoms with Gasteiger partial charge in [0.25, 0.3) is 0 Å². The van der Waals surface area contributed by atoms with Gasteiger partial charge in [0.2, 0.25) is 5.90 Å². The Labute approximate surface area is 193 Å². The summed E-state index contributed by atoms with van der Waals surface area (Å²) < 4.78 is 16.9.